The Labute approximate surface area is 109 Å². The topological polar surface area (TPSA) is 71.1 Å². The third-order valence-electron chi connectivity index (χ3n) is 2.96. The van der Waals surface area contributed by atoms with Crippen molar-refractivity contribution in [3.05, 3.63) is 23.9 Å². The highest BCUT2D eigenvalue weighted by molar-refractivity contribution is 7.85. The Bertz CT molecular complexity index is 454. The molecule has 6 heteroatoms. The van der Waals surface area contributed by atoms with E-state index in [9.17, 15) is 9.00 Å². The van der Waals surface area contributed by atoms with Crippen molar-refractivity contribution in [3.63, 3.8) is 0 Å². The van der Waals surface area contributed by atoms with Gasteiger partial charge < -0.3 is 10.6 Å². The Balaban J connectivity index is 1.96. The largest absolute Gasteiger partial charge is 0.373 e. The van der Waals surface area contributed by atoms with Crippen LogP contribution in [0.15, 0.2) is 18.2 Å². The molecule has 1 saturated heterocycles. The van der Waals surface area contributed by atoms with Crippen LogP contribution in [0.2, 0.25) is 0 Å². The minimum absolute atomic E-state index is 0.121. The Morgan fingerprint density at radius 2 is 2.11 bits per heavy atom. The standard InChI is InChI=1S/C12H17N3O2S/c1-13-11-4-2-3-10(15-11)12(16)14-9-5-7-18(17)8-6-9/h2-4,9H,5-8H2,1H3,(H,13,15)(H,14,16). The lowest BCUT2D eigenvalue weighted by atomic mass is 10.1. The van der Waals surface area contributed by atoms with Crippen LogP contribution in [0.1, 0.15) is 23.3 Å². The SMILES string of the molecule is CNc1cccc(C(=O)NC2CCS(=O)CC2)n1. The first-order valence-corrected chi connectivity index (χ1v) is 7.48. The quantitative estimate of drug-likeness (QED) is 0.848. The predicted octanol–water partition coefficient (Wildman–Crippen LogP) is 0.764. The molecule has 2 rings (SSSR count). The molecule has 0 atom stereocenters. The predicted molar refractivity (Wildman–Crippen MR) is 72.1 cm³/mol. The monoisotopic (exact) mass is 267 g/mol. The summed E-state index contributed by atoms with van der Waals surface area (Å²) in [4.78, 5) is 16.2. The molecular weight excluding hydrogens is 250 g/mol. The molecule has 1 aromatic rings. The van der Waals surface area contributed by atoms with Gasteiger partial charge in [-0.25, -0.2) is 4.98 Å². The summed E-state index contributed by atoms with van der Waals surface area (Å²) in [6.45, 7) is 0. The number of rotatable bonds is 3. The number of pyridine rings is 1. The fourth-order valence-corrected chi connectivity index (χ4v) is 3.20. The van der Waals surface area contributed by atoms with E-state index in [4.69, 9.17) is 0 Å². The van der Waals surface area contributed by atoms with Gasteiger partial charge in [-0.2, -0.15) is 0 Å². The number of hydrogen-bond acceptors (Lipinski definition) is 4. The molecular formula is C12H17N3O2S. The third-order valence-corrected chi connectivity index (χ3v) is 4.34. The zero-order valence-corrected chi connectivity index (χ0v) is 11.1. The molecule has 0 unspecified atom stereocenters. The maximum Gasteiger partial charge on any atom is 0.270 e. The van der Waals surface area contributed by atoms with Crippen LogP contribution >= 0.6 is 0 Å². The van der Waals surface area contributed by atoms with Gasteiger partial charge in [0.1, 0.15) is 11.5 Å². The highest BCUT2D eigenvalue weighted by atomic mass is 32.2. The molecule has 98 valence electrons. The van der Waals surface area contributed by atoms with Crippen molar-refractivity contribution < 1.29 is 9.00 Å². The minimum Gasteiger partial charge on any atom is -0.373 e. The number of nitrogens with zero attached hydrogens (tertiary/aromatic N) is 1. The lowest BCUT2D eigenvalue weighted by Gasteiger charge is -2.22. The average Bonchev–Trinajstić information content (AvgIpc) is 2.41. The van der Waals surface area contributed by atoms with Crippen LogP contribution in [0.4, 0.5) is 5.82 Å². The summed E-state index contributed by atoms with van der Waals surface area (Å²) < 4.78 is 11.2. The van der Waals surface area contributed by atoms with Crippen LogP contribution in [-0.4, -0.2) is 39.7 Å². The number of anilines is 1. The third kappa shape index (κ3) is 3.29. The second-order valence-electron chi connectivity index (χ2n) is 4.25. The summed E-state index contributed by atoms with van der Waals surface area (Å²) in [6, 6.07) is 5.41. The van der Waals surface area contributed by atoms with Gasteiger partial charge in [0.15, 0.2) is 0 Å². The van der Waals surface area contributed by atoms with Crippen LogP contribution < -0.4 is 10.6 Å². The number of amides is 1. The summed E-state index contributed by atoms with van der Waals surface area (Å²) in [6.07, 6.45) is 1.56. The van der Waals surface area contributed by atoms with Crippen molar-refractivity contribution >= 4 is 22.5 Å². The molecule has 1 fully saturated rings. The average molecular weight is 267 g/mol. The van der Waals surface area contributed by atoms with Crippen molar-refractivity contribution in [2.45, 2.75) is 18.9 Å². The molecule has 5 nitrogen and oxygen atoms in total. The smallest absolute Gasteiger partial charge is 0.270 e. The van der Waals surface area contributed by atoms with E-state index in [1.165, 1.54) is 0 Å². The van der Waals surface area contributed by atoms with Crippen molar-refractivity contribution in [2.75, 3.05) is 23.9 Å². The number of hydrogen-bond donors (Lipinski definition) is 2. The molecule has 1 aromatic heterocycles. The fourth-order valence-electron chi connectivity index (χ4n) is 1.90. The highest BCUT2D eigenvalue weighted by Gasteiger charge is 2.20. The highest BCUT2D eigenvalue weighted by Crippen LogP contribution is 2.10. The van der Waals surface area contributed by atoms with Crippen molar-refractivity contribution in [1.29, 1.82) is 0 Å². The van der Waals surface area contributed by atoms with E-state index < -0.39 is 10.8 Å². The second kappa shape index (κ2) is 5.95. The summed E-state index contributed by atoms with van der Waals surface area (Å²) in [5.41, 5.74) is 0.411. The van der Waals surface area contributed by atoms with Gasteiger partial charge in [0.25, 0.3) is 5.91 Å². The first-order chi connectivity index (χ1) is 8.69. The summed E-state index contributed by atoms with van der Waals surface area (Å²) in [5, 5.41) is 5.84. The molecule has 0 bridgehead atoms. The van der Waals surface area contributed by atoms with Gasteiger partial charge in [-0.1, -0.05) is 6.07 Å². The molecule has 0 aromatic carbocycles. The molecule has 1 aliphatic heterocycles. The van der Waals surface area contributed by atoms with Crippen molar-refractivity contribution in [2.24, 2.45) is 0 Å². The summed E-state index contributed by atoms with van der Waals surface area (Å²) in [5.74, 6) is 1.86. The van der Waals surface area contributed by atoms with Crippen LogP contribution in [0.5, 0.6) is 0 Å². The first kappa shape index (κ1) is 13.0. The van der Waals surface area contributed by atoms with E-state index in [0.717, 1.165) is 12.8 Å². The van der Waals surface area contributed by atoms with Crippen molar-refractivity contribution in [3.8, 4) is 0 Å². The van der Waals surface area contributed by atoms with Gasteiger partial charge in [0.05, 0.1) is 0 Å². The summed E-state index contributed by atoms with van der Waals surface area (Å²) in [7, 11) is 1.06. The lowest BCUT2D eigenvalue weighted by Crippen LogP contribution is -2.39. The normalized spacial score (nSPS) is 23.4. The van der Waals surface area contributed by atoms with Gasteiger partial charge >= 0.3 is 0 Å². The maximum absolute atomic E-state index is 12.0. The Hall–Kier alpha value is -1.43. The van der Waals surface area contributed by atoms with Gasteiger partial charge in [-0.05, 0) is 25.0 Å². The van der Waals surface area contributed by atoms with E-state index in [1.54, 1.807) is 25.2 Å². The van der Waals surface area contributed by atoms with Gasteiger partial charge in [0, 0.05) is 35.4 Å². The number of aromatic nitrogens is 1. The number of carbonyl (C=O) groups excluding carboxylic acids is 1. The molecule has 2 N–H and O–H groups in total. The van der Waals surface area contributed by atoms with E-state index >= 15 is 0 Å². The first-order valence-electron chi connectivity index (χ1n) is 5.99. The van der Waals surface area contributed by atoms with E-state index in [2.05, 4.69) is 15.6 Å². The molecule has 0 spiro atoms. The fraction of sp³-hybridized carbons (Fsp3) is 0.500. The molecule has 1 aliphatic rings. The van der Waals surface area contributed by atoms with Gasteiger partial charge in [-0.15, -0.1) is 0 Å². The summed E-state index contributed by atoms with van der Waals surface area (Å²) >= 11 is 0. The number of carbonyl (C=O) groups is 1. The molecule has 0 aliphatic carbocycles. The van der Waals surface area contributed by atoms with Gasteiger partial charge in [0.2, 0.25) is 0 Å². The van der Waals surface area contributed by atoms with Gasteiger partial charge in [-0.3, -0.25) is 9.00 Å². The van der Waals surface area contributed by atoms with Crippen molar-refractivity contribution in [1.82, 2.24) is 10.3 Å². The van der Waals surface area contributed by atoms with E-state index in [0.29, 0.717) is 23.0 Å². The maximum atomic E-state index is 12.0. The zero-order valence-electron chi connectivity index (χ0n) is 10.3. The molecule has 2 heterocycles. The van der Waals surface area contributed by atoms with E-state index in [-0.39, 0.29) is 11.9 Å². The molecule has 1 amide bonds. The Morgan fingerprint density at radius 3 is 2.78 bits per heavy atom. The molecule has 18 heavy (non-hydrogen) atoms. The second-order valence-corrected chi connectivity index (χ2v) is 5.95. The lowest BCUT2D eigenvalue weighted by molar-refractivity contribution is 0.0929. The zero-order chi connectivity index (χ0) is 13.0. The van der Waals surface area contributed by atoms with Crippen LogP contribution in [0.25, 0.3) is 0 Å². The Morgan fingerprint density at radius 1 is 1.39 bits per heavy atom. The van der Waals surface area contributed by atoms with E-state index in [1.807, 2.05) is 0 Å². The van der Waals surface area contributed by atoms with Crippen LogP contribution in [-0.2, 0) is 10.8 Å². The minimum atomic E-state index is -0.702. The molecule has 0 radical (unpaired) electrons. The number of nitrogens with one attached hydrogen (secondary N) is 2. The van der Waals surface area contributed by atoms with Crippen LogP contribution in [0, 0.1) is 0 Å². The molecule has 0 saturated carbocycles. The Kier molecular flexibility index (Phi) is 4.30. The van der Waals surface area contributed by atoms with Crippen LogP contribution in [0.3, 0.4) is 0 Å².